The molecule has 424 valence electrons. The first-order valence-corrected chi connectivity index (χ1v) is 24.9. The molecule has 0 aliphatic heterocycles. The van der Waals surface area contributed by atoms with Crippen LogP contribution < -0.4 is 47.9 Å². The van der Waals surface area contributed by atoms with E-state index in [2.05, 4.69) is 67.8 Å². The van der Waals surface area contributed by atoms with Crippen LogP contribution in [-0.2, 0) is 63.7 Å². The van der Waals surface area contributed by atoms with Crippen molar-refractivity contribution < 1.29 is 53.1 Å². The minimum absolute atomic E-state index is 0.0267. The minimum Gasteiger partial charge on any atom is -0.475 e. The predicted molar refractivity (Wildman–Crippen MR) is 288 cm³/mol. The zero-order valence-electron chi connectivity index (χ0n) is 45.0. The summed E-state index contributed by atoms with van der Waals surface area (Å²) in [4.78, 5) is 144. The van der Waals surface area contributed by atoms with Crippen LogP contribution in [0.1, 0.15) is 106 Å². The highest BCUT2D eigenvalue weighted by atomic mass is 16.4. The summed E-state index contributed by atoms with van der Waals surface area (Å²) in [5.74, 6) is -5.68. The van der Waals surface area contributed by atoms with E-state index in [-0.39, 0.29) is 103 Å². The average Bonchev–Trinajstić information content (AvgIpc) is 4.22. The summed E-state index contributed by atoms with van der Waals surface area (Å²) in [6.45, 7) is 0.0790. The molecule has 0 bridgehead atoms. The number of carboxylic acids is 1. The number of aromatic carboxylic acids is 1. The molecule has 9 amide bonds. The number of anilines is 6. The predicted octanol–water partition coefficient (Wildman–Crippen LogP) is 1.15. The van der Waals surface area contributed by atoms with Gasteiger partial charge < -0.3 is 84.9 Å². The normalized spacial score (nSPS) is 12.2. The number of imidazole rings is 4. The van der Waals surface area contributed by atoms with Gasteiger partial charge in [-0.3, -0.25) is 43.2 Å². The fourth-order valence-corrected chi connectivity index (χ4v) is 8.57. The van der Waals surface area contributed by atoms with Crippen LogP contribution in [0.15, 0.2) is 67.8 Å². The maximum absolute atomic E-state index is 13.4. The zero-order chi connectivity index (χ0) is 58.4. The molecule has 31 nitrogen and oxygen atoms in total. The van der Waals surface area contributed by atoms with E-state index in [9.17, 15) is 53.1 Å². The van der Waals surface area contributed by atoms with Crippen molar-refractivity contribution in [3.8, 4) is 0 Å². The van der Waals surface area contributed by atoms with Crippen LogP contribution in [-0.4, -0.2) is 136 Å². The second-order valence-corrected chi connectivity index (χ2v) is 19.4. The Labute approximate surface area is 459 Å². The Morgan fingerprint density at radius 3 is 1.40 bits per heavy atom. The van der Waals surface area contributed by atoms with Gasteiger partial charge in [0.05, 0.1) is 17.1 Å². The third-order valence-electron chi connectivity index (χ3n) is 12.9. The minimum atomic E-state index is -1.26. The van der Waals surface area contributed by atoms with Gasteiger partial charge in [0, 0.05) is 138 Å². The molecular formula is C50H58N20O11. The van der Waals surface area contributed by atoms with Gasteiger partial charge in [0.1, 0.15) is 17.1 Å². The van der Waals surface area contributed by atoms with E-state index in [1.165, 1.54) is 83.6 Å². The Hall–Kier alpha value is -10.6. The van der Waals surface area contributed by atoms with Gasteiger partial charge in [-0.15, -0.1) is 0 Å². The van der Waals surface area contributed by atoms with Crippen LogP contribution >= 0.6 is 0 Å². The molecular weight excluding hydrogens is 1060 g/mol. The Bertz CT molecular complexity index is 3650. The van der Waals surface area contributed by atoms with Gasteiger partial charge in [0.25, 0.3) is 35.4 Å². The molecule has 0 atom stereocenters. The number of amides is 9. The number of nitrogens with one attached hydrogen (secondary N) is 9. The third-order valence-corrected chi connectivity index (χ3v) is 12.9. The van der Waals surface area contributed by atoms with Crippen LogP contribution in [0, 0.1) is 5.41 Å². The SMILES string of the molecule is Cn1cc(NC(=O)c2nccn2C)cc1C(=O)NCCC(=O)Nc1cn(C)c(C(=O)Nc2cc(C(=O)NCC3(CC(=O)Nc4cn(C)c(C(=O)NCCC(=O)Nc5cc(C(=O)Nc6cn(C)c(C(=O)O)n6)n(C)c5)n4)CC3)n(C)c2)n1. The highest BCUT2D eigenvalue weighted by Crippen LogP contribution is 2.48. The molecule has 0 saturated heterocycles. The lowest BCUT2D eigenvalue weighted by Crippen LogP contribution is -2.33. The van der Waals surface area contributed by atoms with Crippen molar-refractivity contribution in [3.63, 3.8) is 0 Å². The second-order valence-electron chi connectivity index (χ2n) is 19.4. The van der Waals surface area contributed by atoms with Gasteiger partial charge in [-0.25, -0.2) is 24.7 Å². The smallest absolute Gasteiger partial charge is 0.372 e. The van der Waals surface area contributed by atoms with Crippen molar-refractivity contribution in [1.29, 1.82) is 0 Å². The van der Waals surface area contributed by atoms with E-state index in [0.29, 0.717) is 29.9 Å². The van der Waals surface area contributed by atoms with Crippen molar-refractivity contribution in [2.75, 3.05) is 51.5 Å². The standard InChI is InChI=1S/C50H58N20O11/c1-64-15-14-51-39(64)47(78)56-28-17-30(65(2)21-28)43(74)52-12-9-37(72)58-33-23-69(6)41(61-33)48(79)57-29-18-31(66(3)22-29)44(75)54-26-50(10-11-50)19-38(73)59-34-24-68(5)40(60-34)46(77)53-13-8-36(71)55-27-16-32(67(4)20-27)45(76)63-35-25-70(7)42(62-35)49(80)81/h14-18,20-25H,8-13,19,26H2,1-7H3,(H,52,74)(H,53,77)(H,54,75)(H,55,71)(H,56,78)(H,57,79)(H,58,72)(H,59,73)(H,63,76)(H,80,81). The van der Waals surface area contributed by atoms with E-state index in [1.807, 2.05) is 0 Å². The van der Waals surface area contributed by atoms with Gasteiger partial charge in [-0.2, -0.15) is 0 Å². The van der Waals surface area contributed by atoms with Crippen molar-refractivity contribution in [2.45, 2.75) is 32.1 Å². The largest absolute Gasteiger partial charge is 0.475 e. The highest BCUT2D eigenvalue weighted by Gasteiger charge is 2.44. The zero-order valence-corrected chi connectivity index (χ0v) is 45.0. The Morgan fingerprint density at radius 2 is 0.889 bits per heavy atom. The van der Waals surface area contributed by atoms with E-state index in [0.717, 1.165) is 0 Å². The van der Waals surface area contributed by atoms with Gasteiger partial charge in [-0.1, -0.05) is 0 Å². The molecule has 0 spiro atoms. The molecule has 1 saturated carbocycles. The molecule has 81 heavy (non-hydrogen) atoms. The molecule has 0 unspecified atom stereocenters. The van der Waals surface area contributed by atoms with E-state index in [4.69, 9.17) is 0 Å². The Kier molecular flexibility index (Phi) is 16.4. The molecule has 7 aromatic heterocycles. The number of nitrogens with zero attached hydrogens (tertiary/aromatic N) is 11. The number of hydrogen-bond acceptors (Lipinski definition) is 14. The number of aryl methyl sites for hydroxylation is 7. The van der Waals surface area contributed by atoms with Crippen molar-refractivity contribution in [3.05, 3.63) is 108 Å². The summed E-state index contributed by atoms with van der Waals surface area (Å²) < 4.78 is 10.2. The summed E-state index contributed by atoms with van der Waals surface area (Å²) in [5.41, 5.74) is 1.08. The maximum atomic E-state index is 13.4. The molecule has 31 heteroatoms. The van der Waals surface area contributed by atoms with Gasteiger partial charge in [0.2, 0.25) is 35.2 Å². The molecule has 7 heterocycles. The summed E-state index contributed by atoms with van der Waals surface area (Å²) in [7, 11) is 11.1. The number of carbonyl (C=O) groups is 10. The highest BCUT2D eigenvalue weighted by molar-refractivity contribution is 6.06. The molecule has 8 rings (SSSR count). The summed E-state index contributed by atoms with van der Waals surface area (Å²) >= 11 is 0. The van der Waals surface area contributed by atoms with Crippen LogP contribution in [0.2, 0.25) is 0 Å². The van der Waals surface area contributed by atoms with Gasteiger partial charge in [0.15, 0.2) is 23.3 Å². The van der Waals surface area contributed by atoms with Crippen LogP contribution in [0.25, 0.3) is 0 Å². The number of carbonyl (C=O) groups excluding carboxylic acids is 9. The fourth-order valence-electron chi connectivity index (χ4n) is 8.57. The number of hydrogen-bond donors (Lipinski definition) is 10. The number of aromatic nitrogens is 11. The molecule has 10 N–H and O–H groups in total. The first-order chi connectivity index (χ1) is 38.4. The molecule has 1 aliphatic carbocycles. The molecule has 0 radical (unpaired) electrons. The van der Waals surface area contributed by atoms with E-state index >= 15 is 0 Å². The first-order valence-electron chi connectivity index (χ1n) is 24.9. The third kappa shape index (κ3) is 13.7. The lowest BCUT2D eigenvalue weighted by atomic mass is 10.0. The topological polar surface area (TPSA) is 385 Å². The maximum Gasteiger partial charge on any atom is 0.372 e. The number of rotatable bonds is 23. The Balaban J connectivity index is 0.734. The second kappa shape index (κ2) is 23.5. The molecule has 0 aromatic carbocycles. The fraction of sp³-hybridized carbons (Fsp3) is 0.320. The van der Waals surface area contributed by atoms with Gasteiger partial charge >= 0.3 is 5.97 Å². The quantitative estimate of drug-likeness (QED) is 0.0430. The summed E-state index contributed by atoms with van der Waals surface area (Å²) in [6.07, 6.45) is 13.1. The first kappa shape index (κ1) is 56.6. The molecule has 7 aromatic rings. The lowest BCUT2D eigenvalue weighted by molar-refractivity contribution is -0.117. The van der Waals surface area contributed by atoms with Crippen molar-refractivity contribution in [2.24, 2.45) is 54.7 Å². The summed E-state index contributed by atoms with van der Waals surface area (Å²) in [5, 5.41) is 33.3. The van der Waals surface area contributed by atoms with Crippen molar-refractivity contribution in [1.82, 2.24) is 67.9 Å². The molecule has 1 fully saturated rings. The van der Waals surface area contributed by atoms with E-state index < -0.39 is 58.6 Å². The van der Waals surface area contributed by atoms with Crippen molar-refractivity contribution >= 4 is 93.6 Å². The monoisotopic (exact) mass is 1110 g/mol. The number of carboxylic acid groups (broad SMARTS) is 1. The summed E-state index contributed by atoms with van der Waals surface area (Å²) in [6, 6.07) is 4.40. The lowest BCUT2D eigenvalue weighted by Gasteiger charge is -2.15. The van der Waals surface area contributed by atoms with Gasteiger partial charge in [-0.05, 0) is 36.5 Å². The van der Waals surface area contributed by atoms with Crippen LogP contribution in [0.4, 0.5) is 34.5 Å². The van der Waals surface area contributed by atoms with E-state index in [1.54, 1.807) is 65.4 Å². The molecule has 1 aliphatic rings. The average molecular weight is 1120 g/mol. The van der Waals surface area contributed by atoms with Crippen LogP contribution in [0.3, 0.4) is 0 Å². The Morgan fingerprint density at radius 1 is 0.457 bits per heavy atom. The van der Waals surface area contributed by atoms with Crippen LogP contribution in [0.5, 0.6) is 0 Å².